The first-order chi connectivity index (χ1) is 13.1. The molecular formula is C18H17F4NO5. The number of nitrogens with one attached hydrogen (secondary N) is 1. The molecule has 1 aliphatic rings. The van der Waals surface area contributed by atoms with Crippen LogP contribution in [0.15, 0.2) is 36.4 Å². The summed E-state index contributed by atoms with van der Waals surface area (Å²) in [6.07, 6.45) is -0.671. The SMILES string of the molecule is O=C(O)c1cccc(NC(=O)[C@H]2CC=CC[C@H]2C(=O)OCC(F)(F)C(F)F)c1. The van der Waals surface area contributed by atoms with Crippen molar-refractivity contribution in [2.75, 3.05) is 11.9 Å². The third kappa shape index (κ3) is 5.30. The predicted octanol–water partition coefficient (Wildman–Crippen LogP) is 3.35. The topological polar surface area (TPSA) is 92.7 Å². The number of allylic oxidation sites excluding steroid dienone is 2. The van der Waals surface area contributed by atoms with Crippen LogP contribution < -0.4 is 5.32 Å². The molecule has 2 atom stereocenters. The fourth-order valence-electron chi connectivity index (χ4n) is 2.67. The second-order valence-corrected chi connectivity index (χ2v) is 6.20. The van der Waals surface area contributed by atoms with Gasteiger partial charge in [0, 0.05) is 5.69 Å². The smallest absolute Gasteiger partial charge is 0.340 e. The number of esters is 1. The number of aromatic carboxylic acids is 1. The van der Waals surface area contributed by atoms with Crippen LogP contribution in [0.25, 0.3) is 0 Å². The molecule has 1 amide bonds. The van der Waals surface area contributed by atoms with Crippen LogP contribution in [-0.2, 0) is 14.3 Å². The van der Waals surface area contributed by atoms with E-state index in [1.807, 2.05) is 0 Å². The van der Waals surface area contributed by atoms with Gasteiger partial charge in [-0.25, -0.2) is 13.6 Å². The summed E-state index contributed by atoms with van der Waals surface area (Å²) in [6.45, 7) is -1.78. The molecular weight excluding hydrogens is 386 g/mol. The van der Waals surface area contributed by atoms with Gasteiger partial charge in [0.05, 0.1) is 17.4 Å². The van der Waals surface area contributed by atoms with Crippen LogP contribution in [0.2, 0.25) is 0 Å². The molecule has 0 aromatic heterocycles. The van der Waals surface area contributed by atoms with Crippen molar-refractivity contribution in [3.05, 3.63) is 42.0 Å². The summed E-state index contributed by atoms with van der Waals surface area (Å²) in [5.41, 5.74) is 0.113. The van der Waals surface area contributed by atoms with Crippen LogP contribution in [0.4, 0.5) is 23.2 Å². The molecule has 28 heavy (non-hydrogen) atoms. The van der Waals surface area contributed by atoms with Crippen molar-refractivity contribution in [3.8, 4) is 0 Å². The number of ether oxygens (including phenoxy) is 1. The van der Waals surface area contributed by atoms with E-state index in [0.29, 0.717) is 0 Å². The summed E-state index contributed by atoms with van der Waals surface area (Å²) in [7, 11) is 0. The highest BCUT2D eigenvalue weighted by molar-refractivity contribution is 5.97. The highest BCUT2D eigenvalue weighted by Gasteiger charge is 2.43. The largest absolute Gasteiger partial charge is 0.478 e. The van der Waals surface area contributed by atoms with E-state index in [2.05, 4.69) is 10.1 Å². The van der Waals surface area contributed by atoms with Gasteiger partial charge in [0.1, 0.15) is 0 Å². The number of rotatable bonds is 7. The fourth-order valence-corrected chi connectivity index (χ4v) is 2.67. The van der Waals surface area contributed by atoms with Crippen LogP contribution in [0.5, 0.6) is 0 Å². The van der Waals surface area contributed by atoms with Crippen molar-refractivity contribution in [2.24, 2.45) is 11.8 Å². The van der Waals surface area contributed by atoms with E-state index >= 15 is 0 Å². The van der Waals surface area contributed by atoms with Gasteiger partial charge in [0.25, 0.3) is 0 Å². The Labute approximate surface area is 157 Å². The molecule has 1 aliphatic carbocycles. The summed E-state index contributed by atoms with van der Waals surface area (Å²) < 4.78 is 54.6. The molecule has 2 N–H and O–H groups in total. The zero-order chi connectivity index (χ0) is 20.9. The highest BCUT2D eigenvalue weighted by atomic mass is 19.3. The number of hydrogen-bond donors (Lipinski definition) is 2. The second-order valence-electron chi connectivity index (χ2n) is 6.20. The minimum atomic E-state index is -4.48. The first-order valence-electron chi connectivity index (χ1n) is 8.23. The Morgan fingerprint density at radius 2 is 1.82 bits per heavy atom. The van der Waals surface area contributed by atoms with Gasteiger partial charge >= 0.3 is 24.3 Å². The Morgan fingerprint density at radius 3 is 2.43 bits per heavy atom. The summed E-state index contributed by atoms with van der Waals surface area (Å²) in [5.74, 6) is -9.60. The van der Waals surface area contributed by atoms with Crippen LogP contribution in [-0.4, -0.2) is 41.9 Å². The van der Waals surface area contributed by atoms with Crippen LogP contribution in [0.1, 0.15) is 23.2 Å². The Morgan fingerprint density at radius 1 is 1.18 bits per heavy atom. The van der Waals surface area contributed by atoms with Gasteiger partial charge in [0.2, 0.25) is 5.91 Å². The Hall–Kier alpha value is -2.91. The number of carboxylic acid groups (broad SMARTS) is 1. The average Bonchev–Trinajstić information content (AvgIpc) is 2.66. The Bertz CT molecular complexity index is 781. The summed E-state index contributed by atoms with van der Waals surface area (Å²) in [4.78, 5) is 35.6. The van der Waals surface area contributed by atoms with E-state index in [1.165, 1.54) is 24.3 Å². The number of carbonyl (C=O) groups is 3. The standard InChI is InChI=1S/C18H17F4NO5/c19-17(20)18(21,22)9-28-16(27)13-7-2-1-6-12(13)14(24)23-11-5-3-4-10(8-11)15(25)26/h1-5,8,12-13,17H,6-7,9H2,(H,23,24)(H,25,26)/t12-,13+/m0/s1. The number of halogens is 4. The molecule has 0 heterocycles. The van der Waals surface area contributed by atoms with E-state index in [-0.39, 0.29) is 24.1 Å². The summed E-state index contributed by atoms with van der Waals surface area (Å²) >= 11 is 0. The van der Waals surface area contributed by atoms with Gasteiger partial charge in [-0.3, -0.25) is 9.59 Å². The molecule has 1 aromatic rings. The zero-order valence-corrected chi connectivity index (χ0v) is 14.4. The van der Waals surface area contributed by atoms with Crippen LogP contribution >= 0.6 is 0 Å². The molecule has 6 nitrogen and oxygen atoms in total. The number of carboxylic acids is 1. The molecule has 0 saturated heterocycles. The first-order valence-corrected chi connectivity index (χ1v) is 8.23. The van der Waals surface area contributed by atoms with Gasteiger partial charge in [-0.15, -0.1) is 0 Å². The van der Waals surface area contributed by atoms with Gasteiger partial charge in [0.15, 0.2) is 6.61 Å². The predicted molar refractivity (Wildman–Crippen MR) is 89.3 cm³/mol. The van der Waals surface area contributed by atoms with Crippen LogP contribution in [0, 0.1) is 11.8 Å². The molecule has 10 heteroatoms. The fraction of sp³-hybridized carbons (Fsp3) is 0.389. The quantitative estimate of drug-likeness (QED) is 0.414. The van der Waals surface area contributed by atoms with Crippen molar-refractivity contribution in [1.29, 1.82) is 0 Å². The second kappa shape index (κ2) is 8.85. The monoisotopic (exact) mass is 403 g/mol. The van der Waals surface area contributed by atoms with E-state index in [0.717, 1.165) is 0 Å². The van der Waals surface area contributed by atoms with E-state index in [4.69, 9.17) is 5.11 Å². The van der Waals surface area contributed by atoms with Gasteiger partial charge in [-0.2, -0.15) is 8.78 Å². The van der Waals surface area contributed by atoms with E-state index < -0.39 is 48.6 Å². The van der Waals surface area contributed by atoms with Crippen molar-refractivity contribution in [3.63, 3.8) is 0 Å². The average molecular weight is 403 g/mol. The normalized spacial score (nSPS) is 19.3. The van der Waals surface area contributed by atoms with Crippen molar-refractivity contribution in [1.82, 2.24) is 0 Å². The minimum absolute atomic E-state index is 0.0202. The number of carbonyl (C=O) groups excluding carboxylic acids is 2. The molecule has 2 rings (SSSR count). The third-order valence-corrected chi connectivity index (χ3v) is 4.18. The molecule has 0 unspecified atom stereocenters. The molecule has 152 valence electrons. The molecule has 0 bridgehead atoms. The van der Waals surface area contributed by atoms with Crippen molar-refractivity contribution in [2.45, 2.75) is 25.2 Å². The lowest BCUT2D eigenvalue weighted by atomic mass is 9.82. The molecule has 0 aliphatic heterocycles. The zero-order valence-electron chi connectivity index (χ0n) is 14.4. The lowest BCUT2D eigenvalue weighted by molar-refractivity contribution is -0.184. The molecule has 0 saturated carbocycles. The molecule has 0 fully saturated rings. The first kappa shape index (κ1) is 21.4. The molecule has 0 spiro atoms. The Kier molecular flexibility index (Phi) is 6.76. The summed E-state index contributed by atoms with van der Waals surface area (Å²) in [5, 5.41) is 11.4. The maximum Gasteiger partial charge on any atom is 0.340 e. The number of hydrogen-bond acceptors (Lipinski definition) is 4. The number of alkyl halides is 4. The van der Waals surface area contributed by atoms with Gasteiger partial charge in [-0.05, 0) is 31.0 Å². The lowest BCUT2D eigenvalue weighted by Gasteiger charge is -2.26. The number of benzene rings is 1. The maximum atomic E-state index is 13.0. The van der Waals surface area contributed by atoms with Crippen LogP contribution in [0.3, 0.4) is 0 Å². The lowest BCUT2D eigenvalue weighted by Crippen LogP contribution is -2.39. The number of amides is 1. The Balaban J connectivity index is 2.07. The third-order valence-electron chi connectivity index (χ3n) is 4.18. The summed E-state index contributed by atoms with van der Waals surface area (Å²) in [6, 6.07) is 5.40. The van der Waals surface area contributed by atoms with Crippen molar-refractivity contribution < 1.29 is 41.8 Å². The highest BCUT2D eigenvalue weighted by Crippen LogP contribution is 2.30. The maximum absolute atomic E-state index is 13.0. The minimum Gasteiger partial charge on any atom is -0.478 e. The molecule has 0 radical (unpaired) electrons. The van der Waals surface area contributed by atoms with Gasteiger partial charge < -0.3 is 15.2 Å². The number of anilines is 1. The molecule has 1 aromatic carbocycles. The van der Waals surface area contributed by atoms with E-state index in [1.54, 1.807) is 12.2 Å². The van der Waals surface area contributed by atoms with E-state index in [9.17, 15) is 31.9 Å². The van der Waals surface area contributed by atoms with Gasteiger partial charge in [-0.1, -0.05) is 18.2 Å². The van der Waals surface area contributed by atoms with Crippen molar-refractivity contribution >= 4 is 23.5 Å².